The maximum absolute atomic E-state index is 12.1. The molecule has 5 heteroatoms. The second-order valence-electron chi connectivity index (χ2n) is 5.98. The lowest BCUT2D eigenvalue weighted by atomic mass is 9.92. The second kappa shape index (κ2) is 7.99. The number of anilines is 1. The van der Waals surface area contributed by atoms with Crippen LogP contribution in [-0.4, -0.2) is 12.5 Å². The fourth-order valence-corrected chi connectivity index (χ4v) is 1.74. The number of carbonyl (C=O) groups excluding carboxylic acids is 1. The summed E-state index contributed by atoms with van der Waals surface area (Å²) in [6, 6.07) is 15.1. The number of benzene rings is 2. The minimum atomic E-state index is -0.586. The molecule has 0 aliphatic heterocycles. The van der Waals surface area contributed by atoms with Crippen LogP contribution in [0.1, 0.15) is 19.4 Å². The summed E-state index contributed by atoms with van der Waals surface area (Å²) in [5.41, 5.74) is 6.93. The lowest BCUT2D eigenvalue weighted by Gasteiger charge is -2.21. The Balaban J connectivity index is 0.00000264. The van der Waals surface area contributed by atoms with Crippen LogP contribution in [0.15, 0.2) is 48.5 Å². The molecule has 124 valence electrons. The average molecular weight is 335 g/mol. The first-order chi connectivity index (χ1) is 10.4. The van der Waals surface area contributed by atoms with E-state index in [0.29, 0.717) is 6.54 Å². The van der Waals surface area contributed by atoms with E-state index in [1.54, 1.807) is 0 Å². The highest BCUT2D eigenvalue weighted by Crippen LogP contribution is 2.24. The third kappa shape index (κ3) is 5.27. The van der Waals surface area contributed by atoms with Crippen LogP contribution in [-0.2, 0) is 4.79 Å². The molecule has 2 aromatic rings. The molecule has 0 saturated carbocycles. The maximum Gasteiger partial charge on any atom is 0.231 e. The fraction of sp³-hybridized carbons (Fsp3) is 0.278. The molecule has 0 atom stereocenters. The second-order valence-corrected chi connectivity index (χ2v) is 5.98. The number of ether oxygens (including phenoxy) is 1. The predicted octanol–water partition coefficient (Wildman–Crippen LogP) is 4.13. The van der Waals surface area contributed by atoms with Crippen LogP contribution in [0.25, 0.3) is 0 Å². The molecule has 0 spiro atoms. The molecule has 23 heavy (non-hydrogen) atoms. The van der Waals surface area contributed by atoms with Crippen LogP contribution in [0.3, 0.4) is 0 Å². The van der Waals surface area contributed by atoms with E-state index in [1.165, 1.54) is 5.56 Å². The van der Waals surface area contributed by atoms with Gasteiger partial charge in [-0.2, -0.15) is 0 Å². The van der Waals surface area contributed by atoms with Crippen molar-refractivity contribution < 1.29 is 9.53 Å². The van der Waals surface area contributed by atoms with Crippen molar-refractivity contribution in [2.45, 2.75) is 20.8 Å². The standard InChI is InChI=1S/C18H22N2O2.ClH/c1-13-4-8-15(9-5-13)22-16-10-6-14(7-11-16)20-17(21)18(2,3)12-19;/h4-11H,12,19H2,1-3H3,(H,20,21);1H. The monoisotopic (exact) mass is 334 g/mol. The Morgan fingerprint density at radius 1 is 1.04 bits per heavy atom. The number of rotatable bonds is 5. The quantitative estimate of drug-likeness (QED) is 0.864. The SMILES string of the molecule is Cc1ccc(Oc2ccc(NC(=O)C(C)(C)CN)cc2)cc1.Cl. The zero-order valence-electron chi connectivity index (χ0n) is 13.6. The van der Waals surface area contributed by atoms with Gasteiger partial charge in [-0.05, 0) is 57.2 Å². The molecule has 0 unspecified atom stereocenters. The van der Waals surface area contributed by atoms with Gasteiger partial charge < -0.3 is 15.8 Å². The smallest absolute Gasteiger partial charge is 0.231 e. The van der Waals surface area contributed by atoms with Gasteiger partial charge >= 0.3 is 0 Å². The van der Waals surface area contributed by atoms with Crippen LogP contribution in [0, 0.1) is 12.3 Å². The first-order valence-electron chi connectivity index (χ1n) is 7.27. The van der Waals surface area contributed by atoms with Crippen LogP contribution < -0.4 is 15.8 Å². The zero-order chi connectivity index (χ0) is 16.2. The highest BCUT2D eigenvalue weighted by molar-refractivity contribution is 5.95. The molecule has 0 aliphatic carbocycles. The van der Waals surface area contributed by atoms with Gasteiger partial charge in [-0.15, -0.1) is 12.4 Å². The van der Waals surface area contributed by atoms with Crippen molar-refractivity contribution in [3.05, 3.63) is 54.1 Å². The minimum absolute atomic E-state index is 0. The van der Waals surface area contributed by atoms with Crippen molar-refractivity contribution in [3.8, 4) is 11.5 Å². The average Bonchev–Trinajstić information content (AvgIpc) is 2.51. The summed E-state index contributed by atoms with van der Waals surface area (Å²) in [4.78, 5) is 12.1. The molecule has 2 aromatic carbocycles. The molecule has 3 N–H and O–H groups in total. The number of aryl methyl sites for hydroxylation is 1. The number of hydrogen-bond donors (Lipinski definition) is 2. The molecule has 0 radical (unpaired) electrons. The molecular formula is C18H23ClN2O2. The summed E-state index contributed by atoms with van der Waals surface area (Å²) < 4.78 is 5.75. The summed E-state index contributed by atoms with van der Waals surface area (Å²) >= 11 is 0. The van der Waals surface area contributed by atoms with Gasteiger partial charge in [0.15, 0.2) is 0 Å². The van der Waals surface area contributed by atoms with Crippen molar-refractivity contribution in [1.82, 2.24) is 0 Å². The van der Waals surface area contributed by atoms with E-state index in [4.69, 9.17) is 10.5 Å². The van der Waals surface area contributed by atoms with E-state index in [9.17, 15) is 4.79 Å². The van der Waals surface area contributed by atoms with Crippen LogP contribution in [0.2, 0.25) is 0 Å². The molecule has 2 rings (SSSR count). The number of amides is 1. The van der Waals surface area contributed by atoms with Gasteiger partial charge in [0.05, 0.1) is 5.41 Å². The van der Waals surface area contributed by atoms with E-state index < -0.39 is 5.41 Å². The van der Waals surface area contributed by atoms with E-state index >= 15 is 0 Å². The van der Waals surface area contributed by atoms with E-state index in [0.717, 1.165) is 17.2 Å². The largest absolute Gasteiger partial charge is 0.457 e. The van der Waals surface area contributed by atoms with Crippen molar-refractivity contribution >= 4 is 24.0 Å². The molecule has 0 saturated heterocycles. The van der Waals surface area contributed by atoms with Gasteiger partial charge in [0.1, 0.15) is 11.5 Å². The molecule has 0 aliphatic rings. The Hall–Kier alpha value is -2.04. The predicted molar refractivity (Wildman–Crippen MR) is 96.4 cm³/mol. The van der Waals surface area contributed by atoms with Gasteiger partial charge in [-0.25, -0.2) is 0 Å². The summed E-state index contributed by atoms with van der Waals surface area (Å²) in [7, 11) is 0. The lowest BCUT2D eigenvalue weighted by Crippen LogP contribution is -2.37. The first-order valence-corrected chi connectivity index (χ1v) is 7.27. The molecule has 0 fully saturated rings. The molecular weight excluding hydrogens is 312 g/mol. The maximum atomic E-state index is 12.1. The fourth-order valence-electron chi connectivity index (χ4n) is 1.74. The van der Waals surface area contributed by atoms with E-state index in [2.05, 4.69) is 5.32 Å². The summed E-state index contributed by atoms with van der Waals surface area (Å²) in [5, 5.41) is 2.86. The number of carbonyl (C=O) groups is 1. The summed E-state index contributed by atoms with van der Waals surface area (Å²) in [5.74, 6) is 1.41. The summed E-state index contributed by atoms with van der Waals surface area (Å²) in [6.45, 7) is 5.96. The Kier molecular flexibility index (Phi) is 6.61. The minimum Gasteiger partial charge on any atom is -0.457 e. The molecule has 1 amide bonds. The number of halogens is 1. The van der Waals surface area contributed by atoms with Crippen molar-refractivity contribution in [2.75, 3.05) is 11.9 Å². The molecule has 4 nitrogen and oxygen atoms in total. The number of nitrogens with one attached hydrogen (secondary N) is 1. The van der Waals surface area contributed by atoms with Gasteiger partial charge in [0.25, 0.3) is 0 Å². The van der Waals surface area contributed by atoms with Crippen molar-refractivity contribution in [2.24, 2.45) is 11.1 Å². The van der Waals surface area contributed by atoms with E-state index in [-0.39, 0.29) is 18.3 Å². The van der Waals surface area contributed by atoms with Gasteiger partial charge in [-0.1, -0.05) is 17.7 Å². The third-order valence-corrected chi connectivity index (χ3v) is 3.49. The molecule has 0 aromatic heterocycles. The van der Waals surface area contributed by atoms with E-state index in [1.807, 2.05) is 69.3 Å². The highest BCUT2D eigenvalue weighted by Gasteiger charge is 2.25. The highest BCUT2D eigenvalue weighted by atomic mass is 35.5. The van der Waals surface area contributed by atoms with Crippen LogP contribution in [0.5, 0.6) is 11.5 Å². The first kappa shape index (κ1) is 19.0. The number of nitrogens with two attached hydrogens (primary N) is 1. The zero-order valence-corrected chi connectivity index (χ0v) is 14.4. The lowest BCUT2D eigenvalue weighted by molar-refractivity contribution is -0.123. The van der Waals surface area contributed by atoms with Crippen LogP contribution >= 0.6 is 12.4 Å². The van der Waals surface area contributed by atoms with Crippen molar-refractivity contribution in [1.29, 1.82) is 0 Å². The Labute approximate surface area is 143 Å². The van der Waals surface area contributed by atoms with Gasteiger partial charge in [-0.3, -0.25) is 4.79 Å². The summed E-state index contributed by atoms with van der Waals surface area (Å²) in [6.07, 6.45) is 0. The third-order valence-electron chi connectivity index (χ3n) is 3.49. The van der Waals surface area contributed by atoms with Crippen molar-refractivity contribution in [3.63, 3.8) is 0 Å². The topological polar surface area (TPSA) is 64.3 Å². The number of hydrogen-bond acceptors (Lipinski definition) is 3. The van der Waals surface area contributed by atoms with Crippen LogP contribution in [0.4, 0.5) is 5.69 Å². The van der Waals surface area contributed by atoms with Gasteiger partial charge in [0.2, 0.25) is 5.91 Å². The Morgan fingerprint density at radius 2 is 1.52 bits per heavy atom. The Bertz CT molecular complexity index is 637. The Morgan fingerprint density at radius 3 is 2.00 bits per heavy atom. The molecule has 0 bridgehead atoms. The normalized spacial score (nSPS) is 10.6. The van der Waals surface area contributed by atoms with Gasteiger partial charge in [0, 0.05) is 12.2 Å². The molecule has 0 heterocycles.